The number of rotatable bonds is 6. The Kier molecular flexibility index (Phi) is 4.65. The molecule has 0 bridgehead atoms. The van der Waals surface area contributed by atoms with Gasteiger partial charge in [-0.3, -0.25) is 4.79 Å². The number of benzene rings is 2. The van der Waals surface area contributed by atoms with Crippen molar-refractivity contribution in [1.29, 1.82) is 0 Å². The van der Waals surface area contributed by atoms with Crippen molar-refractivity contribution in [3.8, 4) is 0 Å². The fourth-order valence-electron chi connectivity index (χ4n) is 3.25. The van der Waals surface area contributed by atoms with Gasteiger partial charge in [0.1, 0.15) is 11.5 Å². The number of hydrogen-bond donors (Lipinski definition) is 1. The minimum Gasteiger partial charge on any atom is -0.364 e. The standard InChI is InChI=1S/C20H21FN2O/c1-2-3-9-17-16-10-4-5-11-18(16)23(19(17)20(22)24)13-14-7-6-8-15(21)12-14/h4-8,10-12H,2-3,9,13H2,1H3,(H2,22,24). The van der Waals surface area contributed by atoms with E-state index in [1.165, 1.54) is 12.1 Å². The summed E-state index contributed by atoms with van der Waals surface area (Å²) in [6, 6.07) is 14.4. The third-order valence-electron chi connectivity index (χ3n) is 4.32. The van der Waals surface area contributed by atoms with Gasteiger partial charge in [-0.2, -0.15) is 0 Å². The SMILES string of the molecule is CCCCc1c(C(N)=O)n(Cc2cccc(F)c2)c2ccccc12. The molecule has 0 saturated carbocycles. The summed E-state index contributed by atoms with van der Waals surface area (Å²) < 4.78 is 15.4. The Hall–Kier alpha value is -2.62. The van der Waals surface area contributed by atoms with Crippen molar-refractivity contribution in [1.82, 2.24) is 4.57 Å². The molecule has 3 nitrogen and oxygen atoms in total. The van der Waals surface area contributed by atoms with Gasteiger partial charge in [-0.1, -0.05) is 43.7 Å². The molecule has 124 valence electrons. The second kappa shape index (κ2) is 6.87. The lowest BCUT2D eigenvalue weighted by atomic mass is 10.0. The Bertz CT molecular complexity index is 882. The fourth-order valence-corrected chi connectivity index (χ4v) is 3.25. The molecule has 0 aliphatic carbocycles. The highest BCUT2D eigenvalue weighted by atomic mass is 19.1. The van der Waals surface area contributed by atoms with Gasteiger partial charge in [0.15, 0.2) is 0 Å². The third kappa shape index (κ3) is 3.04. The van der Waals surface area contributed by atoms with Crippen LogP contribution in [0.1, 0.15) is 41.4 Å². The molecule has 1 heterocycles. The van der Waals surface area contributed by atoms with Gasteiger partial charge in [-0.25, -0.2) is 4.39 Å². The predicted molar refractivity (Wildman–Crippen MR) is 94.6 cm³/mol. The first-order valence-corrected chi connectivity index (χ1v) is 8.26. The fraction of sp³-hybridized carbons (Fsp3) is 0.250. The molecule has 0 radical (unpaired) electrons. The number of unbranched alkanes of at least 4 members (excludes halogenated alkanes) is 1. The van der Waals surface area contributed by atoms with E-state index < -0.39 is 5.91 Å². The summed E-state index contributed by atoms with van der Waals surface area (Å²) >= 11 is 0. The van der Waals surface area contributed by atoms with Crippen LogP contribution in [-0.4, -0.2) is 10.5 Å². The van der Waals surface area contributed by atoms with E-state index in [0.29, 0.717) is 12.2 Å². The number of halogens is 1. The molecular weight excluding hydrogens is 303 g/mol. The lowest BCUT2D eigenvalue weighted by Gasteiger charge is -2.10. The summed E-state index contributed by atoms with van der Waals surface area (Å²) in [6.07, 6.45) is 2.85. The number of primary amides is 1. The van der Waals surface area contributed by atoms with Crippen molar-refractivity contribution in [3.05, 3.63) is 71.2 Å². The zero-order valence-electron chi connectivity index (χ0n) is 13.8. The Balaban J connectivity index is 2.18. The van der Waals surface area contributed by atoms with E-state index in [0.717, 1.165) is 41.3 Å². The molecule has 4 heteroatoms. The number of para-hydroxylation sites is 1. The molecule has 1 aromatic heterocycles. The molecule has 3 aromatic rings. The quantitative estimate of drug-likeness (QED) is 0.723. The van der Waals surface area contributed by atoms with Crippen LogP contribution in [0.15, 0.2) is 48.5 Å². The van der Waals surface area contributed by atoms with E-state index in [4.69, 9.17) is 5.73 Å². The average molecular weight is 324 g/mol. The molecule has 0 saturated heterocycles. The lowest BCUT2D eigenvalue weighted by Crippen LogP contribution is -2.19. The summed E-state index contributed by atoms with van der Waals surface area (Å²) in [4.78, 5) is 12.2. The molecule has 2 N–H and O–H groups in total. The number of hydrogen-bond acceptors (Lipinski definition) is 1. The van der Waals surface area contributed by atoms with Crippen LogP contribution < -0.4 is 5.73 Å². The van der Waals surface area contributed by atoms with Crippen LogP contribution in [0.3, 0.4) is 0 Å². The second-order valence-corrected chi connectivity index (χ2v) is 6.03. The first kappa shape index (κ1) is 16.2. The van der Waals surface area contributed by atoms with Gasteiger partial charge in [-0.05, 0) is 42.2 Å². The van der Waals surface area contributed by atoms with Crippen LogP contribution in [0.4, 0.5) is 4.39 Å². The lowest BCUT2D eigenvalue weighted by molar-refractivity contribution is 0.0991. The number of carbonyl (C=O) groups excluding carboxylic acids is 1. The number of nitrogens with zero attached hydrogens (tertiary/aromatic N) is 1. The first-order chi connectivity index (χ1) is 11.6. The summed E-state index contributed by atoms with van der Waals surface area (Å²) in [5, 5.41) is 1.05. The number of nitrogens with two attached hydrogens (primary N) is 1. The molecule has 1 amide bonds. The first-order valence-electron chi connectivity index (χ1n) is 8.26. The van der Waals surface area contributed by atoms with Crippen molar-refractivity contribution in [2.75, 3.05) is 0 Å². The van der Waals surface area contributed by atoms with E-state index in [2.05, 4.69) is 6.92 Å². The summed E-state index contributed by atoms with van der Waals surface area (Å²) in [6.45, 7) is 2.54. The van der Waals surface area contributed by atoms with E-state index in [-0.39, 0.29) is 5.82 Å². The van der Waals surface area contributed by atoms with E-state index in [9.17, 15) is 9.18 Å². The van der Waals surface area contributed by atoms with Crippen molar-refractivity contribution in [2.24, 2.45) is 5.73 Å². The molecule has 3 rings (SSSR count). The van der Waals surface area contributed by atoms with Crippen LogP contribution in [0.25, 0.3) is 10.9 Å². The highest BCUT2D eigenvalue weighted by Crippen LogP contribution is 2.28. The Morgan fingerprint density at radius 1 is 1.17 bits per heavy atom. The van der Waals surface area contributed by atoms with Gasteiger partial charge in [0, 0.05) is 17.4 Å². The molecule has 0 atom stereocenters. The molecule has 0 aliphatic rings. The smallest absolute Gasteiger partial charge is 0.265 e. The van der Waals surface area contributed by atoms with Gasteiger partial charge in [0.2, 0.25) is 0 Å². The maximum Gasteiger partial charge on any atom is 0.265 e. The molecule has 0 unspecified atom stereocenters. The van der Waals surface area contributed by atoms with Crippen LogP contribution in [-0.2, 0) is 13.0 Å². The van der Waals surface area contributed by atoms with Gasteiger partial charge in [0.05, 0.1) is 0 Å². The zero-order chi connectivity index (χ0) is 17.1. The second-order valence-electron chi connectivity index (χ2n) is 6.03. The van der Waals surface area contributed by atoms with Crippen molar-refractivity contribution in [3.63, 3.8) is 0 Å². The molecule has 0 aliphatic heterocycles. The largest absolute Gasteiger partial charge is 0.364 e. The van der Waals surface area contributed by atoms with E-state index in [1.807, 2.05) is 34.9 Å². The van der Waals surface area contributed by atoms with Gasteiger partial charge < -0.3 is 10.3 Å². The molecule has 24 heavy (non-hydrogen) atoms. The highest BCUT2D eigenvalue weighted by molar-refractivity contribution is 6.01. The van der Waals surface area contributed by atoms with Crippen molar-refractivity contribution >= 4 is 16.8 Å². The number of aromatic nitrogens is 1. The topological polar surface area (TPSA) is 48.0 Å². The average Bonchev–Trinajstić information content (AvgIpc) is 2.87. The van der Waals surface area contributed by atoms with Crippen LogP contribution in [0.2, 0.25) is 0 Å². The van der Waals surface area contributed by atoms with Crippen LogP contribution in [0.5, 0.6) is 0 Å². The molecule has 0 spiro atoms. The summed E-state index contributed by atoms with van der Waals surface area (Å²) in [5.41, 5.74) is 9.00. The van der Waals surface area contributed by atoms with Gasteiger partial charge in [0.25, 0.3) is 5.91 Å². The number of carbonyl (C=O) groups is 1. The van der Waals surface area contributed by atoms with Gasteiger partial charge in [-0.15, -0.1) is 0 Å². The minimum atomic E-state index is -0.436. The minimum absolute atomic E-state index is 0.282. The Morgan fingerprint density at radius 3 is 2.67 bits per heavy atom. The molecule has 2 aromatic carbocycles. The van der Waals surface area contributed by atoms with Crippen LogP contribution in [0, 0.1) is 5.82 Å². The van der Waals surface area contributed by atoms with Crippen LogP contribution >= 0.6 is 0 Å². The maximum absolute atomic E-state index is 13.5. The predicted octanol–water partition coefficient (Wildman–Crippen LogP) is 4.27. The monoisotopic (exact) mass is 324 g/mol. The Morgan fingerprint density at radius 2 is 1.96 bits per heavy atom. The summed E-state index contributed by atoms with van der Waals surface area (Å²) in [5.74, 6) is -0.718. The van der Waals surface area contributed by atoms with E-state index >= 15 is 0 Å². The van der Waals surface area contributed by atoms with Crippen molar-refractivity contribution < 1.29 is 9.18 Å². The molecular formula is C20H21FN2O. The highest BCUT2D eigenvalue weighted by Gasteiger charge is 2.20. The maximum atomic E-state index is 13.5. The third-order valence-corrected chi connectivity index (χ3v) is 4.32. The summed E-state index contributed by atoms with van der Waals surface area (Å²) in [7, 11) is 0. The number of fused-ring (bicyclic) bond motifs is 1. The number of amides is 1. The zero-order valence-corrected chi connectivity index (χ0v) is 13.8. The molecule has 0 fully saturated rings. The number of aryl methyl sites for hydroxylation is 1. The normalized spacial score (nSPS) is 11.1. The van der Waals surface area contributed by atoms with Gasteiger partial charge >= 0.3 is 0 Å². The Labute approximate surface area is 140 Å². The van der Waals surface area contributed by atoms with Crippen molar-refractivity contribution in [2.45, 2.75) is 32.7 Å². The van der Waals surface area contributed by atoms with E-state index in [1.54, 1.807) is 6.07 Å².